The molecule has 1 aliphatic heterocycles. The molecule has 0 bridgehead atoms. The molecule has 1 atom stereocenters. The molecule has 11 heteroatoms. The monoisotopic (exact) mass is 528 g/mol. The Morgan fingerprint density at radius 1 is 1.11 bits per heavy atom. The Hall–Kier alpha value is -2.53. The van der Waals surface area contributed by atoms with Crippen LogP contribution < -0.4 is 5.32 Å². The molecular formula is C26H32F4N2O5. The number of alkyl halides is 3. The number of ether oxygens (including phenoxy) is 2. The van der Waals surface area contributed by atoms with Gasteiger partial charge < -0.3 is 14.8 Å². The van der Waals surface area contributed by atoms with Crippen LogP contribution in [0.4, 0.5) is 23.2 Å². The highest BCUT2D eigenvalue weighted by atomic mass is 19.4. The summed E-state index contributed by atoms with van der Waals surface area (Å²) in [4.78, 5) is 39.0. The number of halogens is 4. The van der Waals surface area contributed by atoms with Crippen molar-refractivity contribution in [2.75, 3.05) is 25.5 Å². The Labute approximate surface area is 212 Å². The van der Waals surface area contributed by atoms with E-state index in [0.717, 1.165) is 44.6 Å². The summed E-state index contributed by atoms with van der Waals surface area (Å²) in [5, 5.41) is 2.73. The second-order valence-electron chi connectivity index (χ2n) is 10.4. The van der Waals surface area contributed by atoms with Crippen LogP contribution in [0.5, 0.6) is 0 Å². The number of esters is 2. The molecule has 7 nitrogen and oxygen atoms in total. The van der Waals surface area contributed by atoms with E-state index in [4.69, 9.17) is 4.74 Å². The quantitative estimate of drug-likeness (QED) is 0.306. The van der Waals surface area contributed by atoms with Crippen molar-refractivity contribution in [3.05, 3.63) is 29.6 Å². The molecule has 2 aliphatic carbocycles. The summed E-state index contributed by atoms with van der Waals surface area (Å²) in [6.45, 7) is 1.41. The average molecular weight is 529 g/mol. The van der Waals surface area contributed by atoms with Crippen LogP contribution in [0.15, 0.2) is 18.2 Å². The summed E-state index contributed by atoms with van der Waals surface area (Å²) < 4.78 is 61.7. The Morgan fingerprint density at radius 3 is 2.32 bits per heavy atom. The van der Waals surface area contributed by atoms with Crippen LogP contribution in [0.25, 0.3) is 0 Å². The maximum Gasteiger partial charge on any atom is 0.491 e. The van der Waals surface area contributed by atoms with Crippen molar-refractivity contribution in [3.63, 3.8) is 0 Å². The molecule has 204 valence electrons. The second kappa shape index (κ2) is 11.1. The average Bonchev–Trinajstić information content (AvgIpc) is 3.44. The number of benzene rings is 1. The lowest BCUT2D eigenvalue weighted by atomic mass is 9.93. The molecule has 1 amide bonds. The molecule has 0 radical (unpaired) electrons. The van der Waals surface area contributed by atoms with Crippen molar-refractivity contribution < 1.29 is 41.4 Å². The molecule has 1 unspecified atom stereocenters. The number of carbonyl (C=O) groups excluding carboxylic acids is 3. The van der Waals surface area contributed by atoms with Crippen molar-refractivity contribution in [1.82, 2.24) is 4.90 Å². The van der Waals surface area contributed by atoms with E-state index in [2.05, 4.69) is 15.0 Å². The minimum atomic E-state index is -5.27. The number of anilines is 1. The summed E-state index contributed by atoms with van der Waals surface area (Å²) in [6, 6.07) is 3.56. The van der Waals surface area contributed by atoms with Crippen LogP contribution in [0.2, 0.25) is 0 Å². The first kappa shape index (κ1) is 27.5. The predicted octanol–water partition coefficient (Wildman–Crippen LogP) is 4.39. The number of carbonyl (C=O) groups is 3. The summed E-state index contributed by atoms with van der Waals surface area (Å²) >= 11 is 0. The van der Waals surface area contributed by atoms with Gasteiger partial charge in [-0.2, -0.15) is 13.2 Å². The van der Waals surface area contributed by atoms with Gasteiger partial charge in [-0.05, 0) is 68.6 Å². The molecule has 1 N–H and O–H groups in total. The third-order valence-electron chi connectivity index (χ3n) is 7.85. The molecule has 4 rings (SSSR count). The van der Waals surface area contributed by atoms with Gasteiger partial charge in [0.15, 0.2) is 0 Å². The van der Waals surface area contributed by atoms with E-state index < -0.39 is 35.4 Å². The van der Waals surface area contributed by atoms with Crippen LogP contribution in [0.1, 0.15) is 56.9 Å². The van der Waals surface area contributed by atoms with Gasteiger partial charge in [-0.15, -0.1) is 0 Å². The van der Waals surface area contributed by atoms with Crippen molar-refractivity contribution in [3.8, 4) is 0 Å². The Kier molecular flexibility index (Phi) is 8.23. The number of hydrogen-bond acceptors (Lipinski definition) is 6. The van der Waals surface area contributed by atoms with Gasteiger partial charge in [-0.3, -0.25) is 14.5 Å². The fraction of sp³-hybridized carbons (Fsp3) is 0.654. The predicted molar refractivity (Wildman–Crippen MR) is 125 cm³/mol. The largest absolute Gasteiger partial charge is 0.491 e. The molecule has 1 saturated heterocycles. The van der Waals surface area contributed by atoms with Gasteiger partial charge in [0.1, 0.15) is 5.82 Å². The number of nitrogens with one attached hydrogen (secondary N) is 1. The molecule has 3 fully saturated rings. The van der Waals surface area contributed by atoms with E-state index in [1.165, 1.54) is 12.1 Å². The van der Waals surface area contributed by atoms with Crippen molar-refractivity contribution in [1.29, 1.82) is 0 Å². The molecule has 1 aromatic rings. The maximum atomic E-state index is 14.7. The lowest BCUT2D eigenvalue weighted by Crippen LogP contribution is -2.52. The molecule has 1 heterocycles. The standard InChI is InChI=1S/C26H32F4N2O5/c1-36-18-8-12-32(13-9-18)21(17-4-2-3-5-17)22(33)31-20-14-16(6-7-19(20)27)15-25(10-11-25)23(34)37-24(35)26(28,29)30/h6-7,14,17-18,21H,2-5,8-13,15H2,1H3,(H,31,33). The van der Waals surface area contributed by atoms with Gasteiger partial charge in [0.25, 0.3) is 0 Å². The second-order valence-corrected chi connectivity index (χ2v) is 10.4. The van der Waals surface area contributed by atoms with Crippen LogP contribution in [-0.2, 0) is 30.3 Å². The number of hydrogen-bond donors (Lipinski definition) is 1. The molecule has 37 heavy (non-hydrogen) atoms. The summed E-state index contributed by atoms with van der Waals surface area (Å²) in [5.41, 5.74) is -0.866. The zero-order valence-corrected chi connectivity index (χ0v) is 20.7. The van der Waals surface area contributed by atoms with E-state index in [1.807, 2.05) is 0 Å². The minimum Gasteiger partial charge on any atom is -0.386 e. The van der Waals surface area contributed by atoms with Crippen molar-refractivity contribution in [2.24, 2.45) is 11.3 Å². The van der Waals surface area contributed by atoms with Crippen LogP contribution in [-0.4, -0.2) is 61.3 Å². The Morgan fingerprint density at radius 2 is 1.76 bits per heavy atom. The topological polar surface area (TPSA) is 84.9 Å². The van der Waals surface area contributed by atoms with E-state index in [1.54, 1.807) is 7.11 Å². The fourth-order valence-corrected chi connectivity index (χ4v) is 5.57. The molecule has 2 saturated carbocycles. The number of amides is 1. The van der Waals surface area contributed by atoms with E-state index >= 15 is 0 Å². The van der Waals surface area contributed by atoms with Crippen LogP contribution in [0, 0.1) is 17.2 Å². The summed E-state index contributed by atoms with van der Waals surface area (Å²) in [7, 11) is 1.68. The number of piperidine rings is 1. The molecular weight excluding hydrogens is 496 g/mol. The molecule has 0 spiro atoms. The number of methoxy groups -OCH3 is 1. The highest BCUT2D eigenvalue weighted by Crippen LogP contribution is 2.50. The van der Waals surface area contributed by atoms with E-state index in [-0.39, 0.29) is 42.9 Å². The zero-order valence-electron chi connectivity index (χ0n) is 20.7. The van der Waals surface area contributed by atoms with Crippen LogP contribution in [0.3, 0.4) is 0 Å². The van der Waals surface area contributed by atoms with Gasteiger partial charge in [0.2, 0.25) is 5.91 Å². The SMILES string of the molecule is COC1CCN(C(C(=O)Nc2cc(CC3(C(=O)OC(=O)C(F)(F)F)CC3)ccc2F)C2CCCC2)CC1. The van der Waals surface area contributed by atoms with Gasteiger partial charge in [-0.25, -0.2) is 9.18 Å². The number of nitrogens with zero attached hydrogens (tertiary/aromatic N) is 1. The Balaban J connectivity index is 1.46. The first-order valence-corrected chi connectivity index (χ1v) is 12.7. The smallest absolute Gasteiger partial charge is 0.386 e. The number of rotatable bonds is 8. The van der Waals surface area contributed by atoms with Gasteiger partial charge in [0.05, 0.1) is 23.2 Å². The summed E-state index contributed by atoms with van der Waals surface area (Å²) in [6.07, 6.45) is 0.906. The highest BCUT2D eigenvalue weighted by molar-refractivity contribution is 5.95. The minimum absolute atomic E-state index is 0.0310. The molecule has 3 aliphatic rings. The first-order valence-electron chi connectivity index (χ1n) is 12.7. The zero-order chi connectivity index (χ0) is 26.8. The van der Waals surface area contributed by atoms with Gasteiger partial charge in [0, 0.05) is 20.2 Å². The van der Waals surface area contributed by atoms with Gasteiger partial charge >= 0.3 is 18.1 Å². The van der Waals surface area contributed by atoms with Crippen molar-refractivity contribution >= 4 is 23.5 Å². The van der Waals surface area contributed by atoms with Crippen LogP contribution >= 0.6 is 0 Å². The normalized spacial score (nSPS) is 21.4. The van der Waals surface area contributed by atoms with E-state index in [0.29, 0.717) is 18.7 Å². The molecule has 1 aromatic carbocycles. The Bertz CT molecular complexity index is 1010. The van der Waals surface area contributed by atoms with Crippen molar-refractivity contribution in [2.45, 2.75) is 76.1 Å². The van der Waals surface area contributed by atoms with Gasteiger partial charge in [-0.1, -0.05) is 18.9 Å². The lowest BCUT2D eigenvalue weighted by Gasteiger charge is -2.39. The number of likely N-dealkylation sites (tertiary alicyclic amines) is 1. The highest BCUT2D eigenvalue weighted by Gasteiger charge is 2.54. The fourth-order valence-electron chi connectivity index (χ4n) is 5.57. The van der Waals surface area contributed by atoms with E-state index in [9.17, 15) is 31.9 Å². The third-order valence-corrected chi connectivity index (χ3v) is 7.85. The maximum absolute atomic E-state index is 14.7. The molecule has 0 aromatic heterocycles. The lowest BCUT2D eigenvalue weighted by molar-refractivity contribution is -0.203. The summed E-state index contributed by atoms with van der Waals surface area (Å²) in [5.74, 6) is -4.58. The first-order chi connectivity index (χ1) is 17.5. The third kappa shape index (κ3) is 6.49.